The predicted molar refractivity (Wildman–Crippen MR) is 317 cm³/mol. The van der Waals surface area contributed by atoms with Crippen molar-refractivity contribution in [2.75, 3.05) is 4.90 Å². The molecule has 1 atom stereocenters. The van der Waals surface area contributed by atoms with E-state index in [1.165, 1.54) is 105 Å². The van der Waals surface area contributed by atoms with E-state index in [9.17, 15) is 0 Å². The van der Waals surface area contributed by atoms with E-state index in [0.29, 0.717) is 0 Å². The summed E-state index contributed by atoms with van der Waals surface area (Å²) < 4.78 is 4.91. The van der Waals surface area contributed by atoms with Gasteiger partial charge in [-0.25, -0.2) is 0 Å². The maximum atomic E-state index is 2.52. The van der Waals surface area contributed by atoms with Crippen LogP contribution in [0.4, 0.5) is 17.1 Å². The molecule has 3 heteroatoms. The molecule has 0 radical (unpaired) electrons. The molecule has 0 saturated heterocycles. The van der Waals surface area contributed by atoms with Crippen molar-refractivity contribution >= 4 is 60.7 Å². The van der Waals surface area contributed by atoms with Crippen LogP contribution in [0.15, 0.2) is 285 Å². The van der Waals surface area contributed by atoms with Gasteiger partial charge in [0.1, 0.15) is 0 Å². The molecule has 16 rings (SSSR count). The molecule has 2 aromatic heterocycles. The molecule has 3 nitrogen and oxygen atoms in total. The number of para-hydroxylation sites is 6. The highest BCUT2D eigenvalue weighted by Gasteiger charge is 2.50. The number of benzene rings is 12. The molecule has 76 heavy (non-hydrogen) atoms. The fourth-order valence-electron chi connectivity index (χ4n) is 13.3. The van der Waals surface area contributed by atoms with Crippen molar-refractivity contribution in [3.63, 3.8) is 0 Å². The van der Waals surface area contributed by atoms with E-state index in [2.05, 4.69) is 299 Å². The lowest BCUT2D eigenvalue weighted by Crippen LogP contribution is -2.33. The van der Waals surface area contributed by atoms with E-state index in [1.807, 2.05) is 0 Å². The third kappa shape index (κ3) is 6.05. The summed E-state index contributed by atoms with van der Waals surface area (Å²) in [7, 11) is 0. The van der Waals surface area contributed by atoms with Gasteiger partial charge in [-0.05, 0) is 134 Å². The lowest BCUT2D eigenvalue weighted by atomic mass is 9.65. The van der Waals surface area contributed by atoms with Gasteiger partial charge in [-0.3, -0.25) is 0 Å². The maximum Gasteiger partial charge on any atom is 0.0754 e. The first kappa shape index (κ1) is 42.5. The van der Waals surface area contributed by atoms with Gasteiger partial charge in [0.2, 0.25) is 0 Å². The van der Waals surface area contributed by atoms with Crippen molar-refractivity contribution in [3.05, 3.63) is 307 Å². The summed E-state index contributed by atoms with van der Waals surface area (Å²) in [6.45, 7) is 0. The molecule has 0 saturated carbocycles. The van der Waals surface area contributed by atoms with Gasteiger partial charge >= 0.3 is 0 Å². The molecule has 354 valence electrons. The highest BCUT2D eigenvalue weighted by molar-refractivity contribution is 6.13. The van der Waals surface area contributed by atoms with Crippen molar-refractivity contribution in [2.24, 2.45) is 0 Å². The van der Waals surface area contributed by atoms with Crippen LogP contribution in [0.3, 0.4) is 0 Å². The van der Waals surface area contributed by atoms with Gasteiger partial charge in [-0.1, -0.05) is 212 Å². The Morgan fingerprint density at radius 1 is 0.276 bits per heavy atom. The number of rotatable bonds is 7. The number of aromatic nitrogens is 2. The first-order valence-electron chi connectivity index (χ1n) is 26.3. The molecule has 0 N–H and O–H groups in total. The molecule has 12 aromatic carbocycles. The van der Waals surface area contributed by atoms with Crippen molar-refractivity contribution < 1.29 is 0 Å². The zero-order chi connectivity index (χ0) is 49.9. The molecule has 1 spiro atoms. The Bertz CT molecular complexity index is 4560. The molecule has 14 aromatic rings. The van der Waals surface area contributed by atoms with Gasteiger partial charge in [0.25, 0.3) is 0 Å². The fourth-order valence-corrected chi connectivity index (χ4v) is 13.3. The van der Waals surface area contributed by atoms with E-state index in [-0.39, 0.29) is 0 Å². The largest absolute Gasteiger partial charge is 0.310 e. The van der Waals surface area contributed by atoms with Crippen LogP contribution in [0.1, 0.15) is 22.3 Å². The normalized spacial score (nSPS) is 14.1. The summed E-state index contributed by atoms with van der Waals surface area (Å²) in [5, 5.41) is 5.08. The van der Waals surface area contributed by atoms with E-state index >= 15 is 0 Å². The van der Waals surface area contributed by atoms with E-state index in [1.54, 1.807) is 0 Å². The lowest BCUT2D eigenvalue weighted by Gasteiger charge is -2.39. The van der Waals surface area contributed by atoms with Crippen LogP contribution in [0.25, 0.3) is 99.5 Å². The third-order valence-corrected chi connectivity index (χ3v) is 16.5. The van der Waals surface area contributed by atoms with Crippen LogP contribution in [0.5, 0.6) is 0 Å². The molecule has 0 bridgehead atoms. The van der Waals surface area contributed by atoms with Crippen molar-refractivity contribution in [3.8, 4) is 55.9 Å². The standard InChI is InChI=1S/C73H47N3/c1-2-17-48(18-3-1)49-33-35-51(36-34-49)56-19-5-11-28-67(56)74(54-42-44-55(45-43-54)75-68-29-12-6-21-59(68)60-22-7-13-30-69(60)75)53-40-37-50(38-41-53)52-39-46-58-57-20-4-9-25-63(57)73(66(58)47-52)64-26-10-15-32-71(64)76-70-31-14-8-23-61(70)62-24-16-27-65(73)72(62)76/h1-47H. The van der Waals surface area contributed by atoms with Crippen LogP contribution in [0, 0.1) is 0 Å². The van der Waals surface area contributed by atoms with Gasteiger partial charge in [0.05, 0.1) is 38.9 Å². The molecular weight excluding hydrogens is 919 g/mol. The van der Waals surface area contributed by atoms with Gasteiger partial charge < -0.3 is 14.0 Å². The minimum absolute atomic E-state index is 0.520. The zero-order valence-corrected chi connectivity index (χ0v) is 41.5. The number of hydrogen-bond donors (Lipinski definition) is 0. The average Bonchev–Trinajstić information content (AvgIpc) is 4.29. The lowest BCUT2D eigenvalue weighted by molar-refractivity contribution is 0.749. The van der Waals surface area contributed by atoms with Gasteiger partial charge in [-0.2, -0.15) is 0 Å². The summed E-state index contributed by atoms with van der Waals surface area (Å²) in [4.78, 5) is 2.42. The van der Waals surface area contributed by atoms with Crippen LogP contribution in [0.2, 0.25) is 0 Å². The second-order valence-electron chi connectivity index (χ2n) is 20.4. The van der Waals surface area contributed by atoms with Crippen LogP contribution in [-0.4, -0.2) is 9.13 Å². The monoisotopic (exact) mass is 965 g/mol. The summed E-state index contributed by atoms with van der Waals surface area (Å²) in [5.41, 5.74) is 25.0. The zero-order valence-electron chi connectivity index (χ0n) is 41.5. The minimum atomic E-state index is -0.520. The first-order chi connectivity index (χ1) is 37.7. The molecule has 3 heterocycles. The quantitative estimate of drug-likeness (QED) is 0.155. The average molecular weight is 966 g/mol. The molecule has 1 aliphatic carbocycles. The molecule has 0 fully saturated rings. The Kier molecular flexibility index (Phi) is 9.25. The third-order valence-electron chi connectivity index (χ3n) is 16.5. The number of nitrogens with zero attached hydrogens (tertiary/aromatic N) is 3. The van der Waals surface area contributed by atoms with Gasteiger partial charge in [0.15, 0.2) is 0 Å². The Morgan fingerprint density at radius 2 is 0.750 bits per heavy atom. The smallest absolute Gasteiger partial charge is 0.0754 e. The number of hydrogen-bond acceptors (Lipinski definition) is 1. The SMILES string of the molecule is c1ccc(-c2ccc(-c3ccccc3N(c3ccc(-c4ccc5c(c4)C4(c6ccccc6-5)c5ccccc5-n5c6ccccc6c6cccc4c65)cc3)c3ccc(-n4c5ccccc5c5ccccc54)cc3)cc2)cc1. The van der Waals surface area contributed by atoms with E-state index < -0.39 is 5.41 Å². The second-order valence-corrected chi connectivity index (χ2v) is 20.4. The Labute approximate surface area is 441 Å². The minimum Gasteiger partial charge on any atom is -0.310 e. The summed E-state index contributed by atoms with van der Waals surface area (Å²) in [6, 6.07) is 106. The van der Waals surface area contributed by atoms with Crippen LogP contribution >= 0.6 is 0 Å². The highest BCUT2D eigenvalue weighted by Crippen LogP contribution is 2.61. The molecule has 0 amide bonds. The van der Waals surface area contributed by atoms with Gasteiger partial charge in [-0.15, -0.1) is 0 Å². The Hall–Kier alpha value is -9.96. The number of anilines is 3. The Morgan fingerprint density at radius 3 is 1.47 bits per heavy atom. The van der Waals surface area contributed by atoms with Gasteiger partial charge in [0, 0.05) is 44.2 Å². The maximum absolute atomic E-state index is 2.52. The predicted octanol–water partition coefficient (Wildman–Crippen LogP) is 19.0. The molecule has 2 aliphatic rings. The number of fused-ring (bicyclic) bond motifs is 15. The summed E-state index contributed by atoms with van der Waals surface area (Å²) >= 11 is 0. The van der Waals surface area contributed by atoms with Crippen molar-refractivity contribution in [1.82, 2.24) is 9.13 Å². The van der Waals surface area contributed by atoms with Crippen molar-refractivity contribution in [2.45, 2.75) is 5.41 Å². The summed E-state index contributed by atoms with van der Waals surface area (Å²) in [5.74, 6) is 0. The molecule has 1 aliphatic heterocycles. The fraction of sp³-hybridized carbons (Fsp3) is 0.0137. The van der Waals surface area contributed by atoms with E-state index in [0.717, 1.165) is 33.9 Å². The van der Waals surface area contributed by atoms with Crippen LogP contribution < -0.4 is 4.90 Å². The Balaban J connectivity index is 0.847. The molecule has 1 unspecified atom stereocenters. The second kappa shape index (κ2) is 16.5. The summed E-state index contributed by atoms with van der Waals surface area (Å²) in [6.07, 6.45) is 0. The van der Waals surface area contributed by atoms with E-state index in [4.69, 9.17) is 0 Å². The van der Waals surface area contributed by atoms with Crippen molar-refractivity contribution in [1.29, 1.82) is 0 Å². The molecular formula is C73H47N3. The highest BCUT2D eigenvalue weighted by atomic mass is 15.1. The first-order valence-corrected chi connectivity index (χ1v) is 26.3. The topological polar surface area (TPSA) is 13.1 Å². The van der Waals surface area contributed by atoms with Crippen LogP contribution in [-0.2, 0) is 5.41 Å².